The summed E-state index contributed by atoms with van der Waals surface area (Å²) in [4.78, 5) is 12.7. The van der Waals surface area contributed by atoms with Gasteiger partial charge >= 0.3 is 0 Å². The van der Waals surface area contributed by atoms with Crippen molar-refractivity contribution in [1.82, 2.24) is 10.2 Å². The van der Waals surface area contributed by atoms with E-state index in [-0.39, 0.29) is 27.9 Å². The standard InChI is InChI=1S/C21H21FN2O2S/c1-13(18(25)14-9-11-15(12-10-14)21(2,3)4)27-20-24-23-19(26-20)16-7-5-6-8-17(16)22/h5-13H,1-4H3/t13-/m1/s1. The maximum absolute atomic E-state index is 13.8. The van der Waals surface area contributed by atoms with Crippen LogP contribution in [0.25, 0.3) is 11.5 Å². The first-order valence-corrected chi connectivity index (χ1v) is 9.53. The molecule has 0 N–H and O–H groups in total. The number of rotatable bonds is 5. The van der Waals surface area contributed by atoms with Crippen molar-refractivity contribution in [2.75, 3.05) is 0 Å². The number of aromatic nitrogens is 2. The molecule has 3 rings (SSSR count). The largest absolute Gasteiger partial charge is 0.411 e. The second kappa shape index (κ2) is 7.64. The van der Waals surface area contributed by atoms with Crippen LogP contribution in [-0.4, -0.2) is 21.2 Å². The topological polar surface area (TPSA) is 56.0 Å². The van der Waals surface area contributed by atoms with Gasteiger partial charge in [0, 0.05) is 5.56 Å². The zero-order valence-electron chi connectivity index (χ0n) is 15.7. The first kappa shape index (κ1) is 19.3. The number of carbonyl (C=O) groups excluding carboxylic acids is 1. The van der Waals surface area contributed by atoms with Gasteiger partial charge in [0.1, 0.15) is 5.82 Å². The molecule has 140 valence electrons. The van der Waals surface area contributed by atoms with Crippen molar-refractivity contribution in [3.63, 3.8) is 0 Å². The maximum atomic E-state index is 13.8. The SMILES string of the molecule is C[C@@H](Sc1nnc(-c2ccccc2F)o1)C(=O)c1ccc(C(C)(C)C)cc1. The fourth-order valence-electron chi connectivity index (χ4n) is 2.57. The van der Waals surface area contributed by atoms with E-state index < -0.39 is 11.1 Å². The summed E-state index contributed by atoms with van der Waals surface area (Å²) in [7, 11) is 0. The van der Waals surface area contributed by atoms with Crippen LogP contribution in [0.4, 0.5) is 4.39 Å². The summed E-state index contributed by atoms with van der Waals surface area (Å²) < 4.78 is 19.3. The minimum Gasteiger partial charge on any atom is -0.411 e. The van der Waals surface area contributed by atoms with E-state index in [0.717, 1.165) is 0 Å². The average Bonchev–Trinajstić information content (AvgIpc) is 3.09. The molecular weight excluding hydrogens is 363 g/mol. The minimum absolute atomic E-state index is 0.0221. The molecule has 0 spiro atoms. The Labute approximate surface area is 162 Å². The Balaban J connectivity index is 1.71. The van der Waals surface area contributed by atoms with Crippen LogP contribution >= 0.6 is 11.8 Å². The summed E-state index contributed by atoms with van der Waals surface area (Å²) in [6.07, 6.45) is 0. The van der Waals surface area contributed by atoms with Crippen LogP contribution in [0.5, 0.6) is 0 Å². The van der Waals surface area contributed by atoms with E-state index in [9.17, 15) is 9.18 Å². The molecule has 0 amide bonds. The van der Waals surface area contributed by atoms with Crippen LogP contribution in [0.15, 0.2) is 58.2 Å². The summed E-state index contributed by atoms with van der Waals surface area (Å²) >= 11 is 1.17. The molecule has 0 aliphatic carbocycles. The predicted octanol–water partition coefficient (Wildman–Crippen LogP) is 5.54. The van der Waals surface area contributed by atoms with Crippen molar-refractivity contribution in [3.05, 3.63) is 65.5 Å². The lowest BCUT2D eigenvalue weighted by molar-refractivity contribution is 0.0993. The second-order valence-electron chi connectivity index (χ2n) is 7.30. The molecule has 1 atom stereocenters. The Morgan fingerprint density at radius 2 is 1.74 bits per heavy atom. The molecule has 1 aromatic heterocycles. The van der Waals surface area contributed by atoms with Crippen molar-refractivity contribution in [2.24, 2.45) is 0 Å². The van der Waals surface area contributed by atoms with Crippen molar-refractivity contribution in [3.8, 4) is 11.5 Å². The highest BCUT2D eigenvalue weighted by Gasteiger charge is 2.21. The molecular formula is C21H21FN2O2S. The van der Waals surface area contributed by atoms with E-state index in [2.05, 4.69) is 31.0 Å². The Kier molecular flexibility index (Phi) is 5.46. The Bertz CT molecular complexity index is 945. The van der Waals surface area contributed by atoms with Gasteiger partial charge < -0.3 is 4.42 Å². The number of ketones is 1. The Hall–Kier alpha value is -2.47. The normalized spacial score (nSPS) is 12.8. The first-order chi connectivity index (χ1) is 12.8. The van der Waals surface area contributed by atoms with E-state index in [0.29, 0.717) is 5.56 Å². The molecule has 2 aromatic carbocycles. The van der Waals surface area contributed by atoms with Gasteiger partial charge in [0.05, 0.1) is 10.8 Å². The Morgan fingerprint density at radius 3 is 2.37 bits per heavy atom. The van der Waals surface area contributed by atoms with E-state index in [1.54, 1.807) is 25.1 Å². The van der Waals surface area contributed by atoms with Crippen LogP contribution in [0.3, 0.4) is 0 Å². The molecule has 4 nitrogen and oxygen atoms in total. The third kappa shape index (κ3) is 4.45. The number of nitrogens with zero attached hydrogens (tertiary/aromatic N) is 2. The fourth-order valence-corrected chi connectivity index (χ4v) is 3.34. The molecule has 0 fully saturated rings. The highest BCUT2D eigenvalue weighted by atomic mass is 32.2. The number of carbonyl (C=O) groups is 1. The average molecular weight is 384 g/mol. The molecule has 1 heterocycles. The number of benzene rings is 2. The Morgan fingerprint density at radius 1 is 1.07 bits per heavy atom. The van der Waals surface area contributed by atoms with Gasteiger partial charge in [-0.2, -0.15) is 0 Å². The van der Waals surface area contributed by atoms with Gasteiger partial charge in [-0.05, 0) is 30.0 Å². The van der Waals surface area contributed by atoms with E-state index in [1.165, 1.54) is 23.4 Å². The minimum atomic E-state index is -0.430. The van der Waals surface area contributed by atoms with Crippen LogP contribution in [0.1, 0.15) is 43.6 Å². The summed E-state index contributed by atoms with van der Waals surface area (Å²) in [6.45, 7) is 8.18. The van der Waals surface area contributed by atoms with E-state index in [1.807, 2.05) is 24.3 Å². The molecule has 27 heavy (non-hydrogen) atoms. The lowest BCUT2D eigenvalue weighted by Crippen LogP contribution is -2.15. The van der Waals surface area contributed by atoms with Gasteiger partial charge in [0.15, 0.2) is 5.78 Å². The van der Waals surface area contributed by atoms with Gasteiger partial charge in [0.2, 0.25) is 0 Å². The summed E-state index contributed by atoms with van der Waals surface area (Å²) in [5.74, 6) is -0.350. The molecule has 0 aliphatic heterocycles. The number of hydrogen-bond donors (Lipinski definition) is 0. The third-order valence-electron chi connectivity index (χ3n) is 4.19. The van der Waals surface area contributed by atoms with Crippen LogP contribution in [0, 0.1) is 5.82 Å². The predicted molar refractivity (Wildman–Crippen MR) is 104 cm³/mol. The van der Waals surface area contributed by atoms with Crippen molar-refractivity contribution in [2.45, 2.75) is 43.6 Å². The van der Waals surface area contributed by atoms with Crippen molar-refractivity contribution >= 4 is 17.5 Å². The molecule has 0 radical (unpaired) electrons. The quantitative estimate of drug-likeness (QED) is 0.427. The lowest BCUT2D eigenvalue weighted by Gasteiger charge is -2.19. The molecule has 3 aromatic rings. The van der Waals surface area contributed by atoms with Gasteiger partial charge in [-0.1, -0.05) is 68.9 Å². The molecule has 0 aliphatic rings. The van der Waals surface area contributed by atoms with Crippen LogP contribution in [0.2, 0.25) is 0 Å². The summed E-state index contributed by atoms with van der Waals surface area (Å²) in [5, 5.41) is 7.64. The summed E-state index contributed by atoms with van der Waals surface area (Å²) in [6, 6.07) is 13.8. The third-order valence-corrected chi connectivity index (χ3v) is 5.13. The number of halogens is 1. The highest BCUT2D eigenvalue weighted by Crippen LogP contribution is 2.29. The summed E-state index contributed by atoms with van der Waals surface area (Å²) in [5.41, 5.74) is 2.09. The number of thioether (sulfide) groups is 1. The maximum Gasteiger partial charge on any atom is 0.277 e. The number of hydrogen-bond acceptors (Lipinski definition) is 5. The zero-order chi connectivity index (χ0) is 19.6. The van der Waals surface area contributed by atoms with Crippen molar-refractivity contribution in [1.29, 1.82) is 0 Å². The van der Waals surface area contributed by atoms with Crippen LogP contribution < -0.4 is 0 Å². The van der Waals surface area contributed by atoms with Gasteiger partial charge in [-0.15, -0.1) is 10.2 Å². The highest BCUT2D eigenvalue weighted by molar-refractivity contribution is 8.00. The second-order valence-corrected chi connectivity index (χ2v) is 8.60. The molecule has 0 saturated carbocycles. The van der Waals surface area contributed by atoms with Crippen LogP contribution in [-0.2, 0) is 5.41 Å². The monoisotopic (exact) mass is 384 g/mol. The molecule has 0 unspecified atom stereocenters. The van der Waals surface area contributed by atoms with E-state index in [4.69, 9.17) is 4.42 Å². The molecule has 0 bridgehead atoms. The van der Waals surface area contributed by atoms with Gasteiger partial charge in [-0.3, -0.25) is 4.79 Å². The fraction of sp³-hybridized carbons (Fsp3) is 0.286. The smallest absolute Gasteiger partial charge is 0.277 e. The number of Topliss-reactive ketones (excluding diaryl/α,β-unsaturated/α-hetero) is 1. The van der Waals surface area contributed by atoms with Gasteiger partial charge in [0.25, 0.3) is 11.1 Å². The lowest BCUT2D eigenvalue weighted by atomic mass is 9.86. The molecule has 0 saturated heterocycles. The van der Waals surface area contributed by atoms with Gasteiger partial charge in [-0.25, -0.2) is 4.39 Å². The zero-order valence-corrected chi connectivity index (χ0v) is 16.5. The molecule has 6 heteroatoms. The van der Waals surface area contributed by atoms with E-state index >= 15 is 0 Å². The first-order valence-electron chi connectivity index (χ1n) is 8.65. The van der Waals surface area contributed by atoms with Crippen molar-refractivity contribution < 1.29 is 13.6 Å².